The third kappa shape index (κ3) is 5.91. The van der Waals surface area contributed by atoms with Crippen molar-refractivity contribution in [3.05, 3.63) is 88.1 Å². The molecule has 44 heavy (non-hydrogen) atoms. The SMILES string of the molecule is O=C(O)c1cn(-c2ccc(CN3CCCC3)cc2)c2c(OC(F)(F)F)c(N3CCN(c4ccccn4)CC3)c(F)cc2c1=O. The molecule has 0 bridgehead atoms. The van der Waals surface area contributed by atoms with Crippen LogP contribution < -0.4 is 20.0 Å². The number of carboxylic acid groups (broad SMARTS) is 1. The van der Waals surface area contributed by atoms with Crippen molar-refractivity contribution in [1.29, 1.82) is 0 Å². The number of hydrogen-bond donors (Lipinski definition) is 1. The summed E-state index contributed by atoms with van der Waals surface area (Å²) in [6.07, 6.45) is -0.426. The Kier molecular flexibility index (Phi) is 7.89. The minimum atomic E-state index is -5.24. The molecule has 0 aliphatic carbocycles. The first-order valence-electron chi connectivity index (χ1n) is 14.2. The zero-order valence-electron chi connectivity index (χ0n) is 23.6. The summed E-state index contributed by atoms with van der Waals surface area (Å²) in [6, 6.07) is 13.0. The number of halogens is 4. The number of fused-ring (bicyclic) bond motifs is 1. The van der Waals surface area contributed by atoms with Gasteiger partial charge in [0.1, 0.15) is 22.6 Å². The fraction of sp³-hybridized carbons (Fsp3) is 0.323. The van der Waals surface area contributed by atoms with Gasteiger partial charge < -0.3 is 24.2 Å². The molecule has 2 aliphatic rings. The summed E-state index contributed by atoms with van der Waals surface area (Å²) in [6.45, 7) is 3.57. The summed E-state index contributed by atoms with van der Waals surface area (Å²) >= 11 is 0. The predicted octanol–water partition coefficient (Wildman–Crippen LogP) is 5.04. The molecule has 4 heterocycles. The van der Waals surface area contributed by atoms with E-state index in [2.05, 4.69) is 14.6 Å². The average molecular weight is 612 g/mol. The van der Waals surface area contributed by atoms with E-state index in [0.29, 0.717) is 25.5 Å². The Hall–Kier alpha value is -4.65. The van der Waals surface area contributed by atoms with Gasteiger partial charge in [0.25, 0.3) is 0 Å². The number of carbonyl (C=O) groups is 1. The molecule has 1 N–H and O–H groups in total. The van der Waals surface area contributed by atoms with Crippen molar-refractivity contribution in [3.8, 4) is 11.4 Å². The van der Waals surface area contributed by atoms with Crippen molar-refractivity contribution in [2.75, 3.05) is 49.1 Å². The van der Waals surface area contributed by atoms with Gasteiger partial charge in [-0.1, -0.05) is 18.2 Å². The maximum atomic E-state index is 15.8. The second-order valence-corrected chi connectivity index (χ2v) is 10.8. The lowest BCUT2D eigenvalue weighted by Gasteiger charge is -2.37. The summed E-state index contributed by atoms with van der Waals surface area (Å²) in [5.41, 5.74) is -1.43. The van der Waals surface area contributed by atoms with E-state index in [1.807, 2.05) is 11.0 Å². The molecule has 0 unspecified atom stereocenters. The Bertz CT molecular complexity index is 1730. The lowest BCUT2D eigenvalue weighted by Crippen LogP contribution is -2.47. The molecular weight excluding hydrogens is 582 g/mol. The lowest BCUT2D eigenvalue weighted by atomic mass is 10.1. The van der Waals surface area contributed by atoms with Gasteiger partial charge in [-0.3, -0.25) is 9.69 Å². The summed E-state index contributed by atoms with van der Waals surface area (Å²) < 4.78 is 63.4. The zero-order chi connectivity index (χ0) is 31.0. The number of aromatic nitrogens is 2. The highest BCUT2D eigenvalue weighted by molar-refractivity contribution is 5.98. The van der Waals surface area contributed by atoms with Crippen LogP contribution in [0.5, 0.6) is 5.75 Å². The standard InChI is InChI=1S/C31H29F4N5O4/c32-24-17-22-26(29(44-31(33,34)35)27(24)39-15-13-38(14-16-39)25-5-1-2-10-36-25)40(19-23(28(22)41)30(42)43)21-8-6-20(7-9-21)18-37-11-3-4-12-37/h1-2,5-10,17,19H,3-4,11-16,18H2,(H,42,43). The first-order chi connectivity index (χ1) is 21.1. The van der Waals surface area contributed by atoms with Gasteiger partial charge in [-0.05, 0) is 61.8 Å². The first kappa shape index (κ1) is 29.4. The van der Waals surface area contributed by atoms with E-state index >= 15 is 4.39 Å². The number of ether oxygens (including phenoxy) is 1. The maximum Gasteiger partial charge on any atom is 0.573 e. The summed E-state index contributed by atoms with van der Waals surface area (Å²) in [5.74, 6) is -2.95. The van der Waals surface area contributed by atoms with Gasteiger partial charge in [0, 0.05) is 50.8 Å². The Morgan fingerprint density at radius 3 is 2.25 bits per heavy atom. The van der Waals surface area contributed by atoms with E-state index in [1.165, 1.54) is 4.90 Å². The Labute approximate surface area is 249 Å². The molecule has 2 fully saturated rings. The predicted molar refractivity (Wildman–Crippen MR) is 156 cm³/mol. The fourth-order valence-corrected chi connectivity index (χ4v) is 5.94. The van der Waals surface area contributed by atoms with Gasteiger partial charge in [-0.25, -0.2) is 14.2 Å². The fourth-order valence-electron chi connectivity index (χ4n) is 5.94. The van der Waals surface area contributed by atoms with Crippen LogP contribution in [0.4, 0.5) is 29.1 Å². The number of carboxylic acids is 1. The Balaban J connectivity index is 1.49. The first-order valence-corrected chi connectivity index (χ1v) is 14.2. The second-order valence-electron chi connectivity index (χ2n) is 10.8. The molecule has 0 saturated carbocycles. The van der Waals surface area contributed by atoms with Crippen LogP contribution in [0.25, 0.3) is 16.6 Å². The molecule has 2 aromatic heterocycles. The lowest BCUT2D eigenvalue weighted by molar-refractivity contribution is -0.274. The highest BCUT2D eigenvalue weighted by Crippen LogP contribution is 2.42. The summed E-state index contributed by atoms with van der Waals surface area (Å²) in [4.78, 5) is 35.2. The maximum absolute atomic E-state index is 15.8. The number of nitrogens with zero attached hydrogens (tertiary/aromatic N) is 5. The van der Waals surface area contributed by atoms with Crippen LogP contribution in [-0.2, 0) is 6.54 Å². The minimum absolute atomic E-state index is 0.135. The van der Waals surface area contributed by atoms with E-state index in [9.17, 15) is 27.9 Å². The minimum Gasteiger partial charge on any atom is -0.477 e. The number of likely N-dealkylation sites (tertiary alicyclic amines) is 1. The number of benzene rings is 2. The largest absolute Gasteiger partial charge is 0.573 e. The molecule has 2 aliphatic heterocycles. The molecule has 9 nitrogen and oxygen atoms in total. The Morgan fingerprint density at radius 2 is 1.64 bits per heavy atom. The molecule has 0 amide bonds. The molecule has 0 atom stereocenters. The molecular formula is C31H29F4N5O4. The van der Waals surface area contributed by atoms with Gasteiger partial charge in [0.05, 0.1) is 5.39 Å². The van der Waals surface area contributed by atoms with Gasteiger partial charge in [0.2, 0.25) is 5.43 Å². The average Bonchev–Trinajstić information content (AvgIpc) is 3.51. The summed E-state index contributed by atoms with van der Waals surface area (Å²) in [5, 5.41) is 9.22. The highest BCUT2D eigenvalue weighted by Gasteiger charge is 2.37. The normalized spacial score (nSPS) is 16.1. The van der Waals surface area contributed by atoms with Crippen molar-refractivity contribution in [2.45, 2.75) is 25.7 Å². The molecule has 230 valence electrons. The number of piperazine rings is 1. The topological polar surface area (TPSA) is 91.1 Å². The van der Waals surface area contributed by atoms with Crippen LogP contribution in [0, 0.1) is 5.82 Å². The van der Waals surface area contributed by atoms with Crippen molar-refractivity contribution in [2.24, 2.45) is 0 Å². The van der Waals surface area contributed by atoms with Gasteiger partial charge in [0.15, 0.2) is 11.6 Å². The van der Waals surface area contributed by atoms with E-state index < -0.39 is 46.0 Å². The van der Waals surface area contributed by atoms with Crippen LogP contribution >= 0.6 is 0 Å². The number of anilines is 2. The molecule has 2 aromatic carbocycles. The monoisotopic (exact) mass is 611 g/mol. The quantitative estimate of drug-likeness (QED) is 0.291. The van der Waals surface area contributed by atoms with E-state index in [0.717, 1.165) is 48.3 Å². The van der Waals surface area contributed by atoms with Crippen LogP contribution in [0.3, 0.4) is 0 Å². The molecule has 2 saturated heterocycles. The van der Waals surface area contributed by atoms with E-state index in [-0.39, 0.29) is 24.3 Å². The Morgan fingerprint density at radius 1 is 0.955 bits per heavy atom. The van der Waals surface area contributed by atoms with Crippen molar-refractivity contribution < 1.29 is 32.2 Å². The third-order valence-corrected chi connectivity index (χ3v) is 8.01. The van der Waals surface area contributed by atoms with Crippen LogP contribution in [-0.4, -0.2) is 71.2 Å². The highest BCUT2D eigenvalue weighted by atomic mass is 19.4. The molecule has 0 radical (unpaired) electrons. The van der Waals surface area contributed by atoms with Gasteiger partial charge in [-0.2, -0.15) is 0 Å². The number of hydrogen-bond acceptors (Lipinski definition) is 7. The molecule has 13 heteroatoms. The number of aromatic carboxylic acids is 1. The van der Waals surface area contributed by atoms with Crippen LogP contribution in [0.2, 0.25) is 0 Å². The molecule has 0 spiro atoms. The summed E-state index contributed by atoms with van der Waals surface area (Å²) in [7, 11) is 0. The van der Waals surface area contributed by atoms with E-state index in [1.54, 1.807) is 42.6 Å². The second kappa shape index (κ2) is 11.8. The number of alkyl halides is 3. The van der Waals surface area contributed by atoms with Gasteiger partial charge >= 0.3 is 12.3 Å². The van der Waals surface area contributed by atoms with Crippen LogP contribution in [0.1, 0.15) is 28.8 Å². The third-order valence-electron chi connectivity index (χ3n) is 8.01. The van der Waals surface area contributed by atoms with Crippen LogP contribution in [0.15, 0.2) is 65.7 Å². The smallest absolute Gasteiger partial charge is 0.477 e. The van der Waals surface area contributed by atoms with Gasteiger partial charge in [-0.15, -0.1) is 13.2 Å². The number of rotatable bonds is 7. The van der Waals surface area contributed by atoms with Crippen molar-refractivity contribution >= 4 is 28.4 Å². The zero-order valence-corrected chi connectivity index (χ0v) is 23.6. The number of pyridine rings is 2. The van der Waals surface area contributed by atoms with E-state index in [4.69, 9.17) is 0 Å². The molecule has 4 aromatic rings. The molecule has 6 rings (SSSR count). The van der Waals surface area contributed by atoms with Crippen molar-refractivity contribution in [1.82, 2.24) is 14.5 Å². The van der Waals surface area contributed by atoms with Crippen molar-refractivity contribution in [3.63, 3.8) is 0 Å².